The molecule has 27 heavy (non-hydrogen) atoms. The minimum Gasteiger partial charge on any atom is -0.481 e. The van der Waals surface area contributed by atoms with Gasteiger partial charge in [-0.1, -0.05) is 23.8 Å². The van der Waals surface area contributed by atoms with E-state index in [0.717, 1.165) is 5.56 Å². The molecule has 0 aliphatic rings. The number of nitrogens with zero attached hydrogens (tertiary/aromatic N) is 1. The Kier molecular flexibility index (Phi) is 6.57. The van der Waals surface area contributed by atoms with E-state index in [4.69, 9.17) is 5.11 Å². The summed E-state index contributed by atoms with van der Waals surface area (Å²) >= 11 is 0. The zero-order valence-electron chi connectivity index (χ0n) is 15.2. The van der Waals surface area contributed by atoms with Crippen LogP contribution in [0.15, 0.2) is 53.4 Å². The molecular weight excluding hydrogens is 368 g/mol. The van der Waals surface area contributed by atoms with Crippen LogP contribution in [0, 0.1) is 6.92 Å². The third kappa shape index (κ3) is 5.55. The Bertz CT molecular complexity index is 923. The van der Waals surface area contributed by atoms with Crippen LogP contribution in [0.4, 0.5) is 5.69 Å². The molecule has 2 aromatic carbocycles. The minimum absolute atomic E-state index is 0.0387. The van der Waals surface area contributed by atoms with Crippen molar-refractivity contribution in [2.24, 2.45) is 0 Å². The van der Waals surface area contributed by atoms with Crippen LogP contribution in [0.2, 0.25) is 0 Å². The van der Waals surface area contributed by atoms with Gasteiger partial charge < -0.3 is 10.0 Å². The summed E-state index contributed by atoms with van der Waals surface area (Å²) in [6.07, 6.45) is -0.174. The van der Waals surface area contributed by atoms with Crippen LogP contribution in [-0.4, -0.2) is 43.4 Å². The van der Waals surface area contributed by atoms with E-state index in [9.17, 15) is 18.0 Å². The average Bonchev–Trinajstić information content (AvgIpc) is 2.63. The maximum absolute atomic E-state index is 12.6. The van der Waals surface area contributed by atoms with Crippen molar-refractivity contribution >= 4 is 27.6 Å². The lowest BCUT2D eigenvalue weighted by Gasteiger charge is -2.20. The number of sulfonamides is 1. The first-order valence-electron chi connectivity index (χ1n) is 8.43. The monoisotopic (exact) mass is 390 g/mol. The van der Waals surface area contributed by atoms with Crippen molar-refractivity contribution in [3.05, 3.63) is 59.7 Å². The van der Waals surface area contributed by atoms with Crippen LogP contribution in [0.5, 0.6) is 0 Å². The van der Waals surface area contributed by atoms with Crippen molar-refractivity contribution < 1.29 is 23.1 Å². The standard InChI is InChI=1S/C19H22N2O5S/c1-3-21(12-11-18(22)23)19(24)15-5-4-6-17(13-15)27(25,26)20-16-9-7-14(2)8-10-16/h4-10,13,20H,3,11-12H2,1-2H3,(H,22,23). The summed E-state index contributed by atoms with van der Waals surface area (Å²) in [6.45, 7) is 4.02. The third-order valence-electron chi connectivity index (χ3n) is 3.96. The molecule has 144 valence electrons. The van der Waals surface area contributed by atoms with Crippen LogP contribution >= 0.6 is 0 Å². The molecule has 0 unspecified atom stereocenters. The number of carboxylic acids is 1. The highest BCUT2D eigenvalue weighted by atomic mass is 32.2. The normalized spacial score (nSPS) is 11.0. The van der Waals surface area contributed by atoms with Gasteiger partial charge in [0.05, 0.1) is 11.3 Å². The molecular formula is C19H22N2O5S. The zero-order chi connectivity index (χ0) is 20.0. The molecule has 0 bridgehead atoms. The summed E-state index contributed by atoms with van der Waals surface area (Å²) in [6, 6.07) is 12.6. The van der Waals surface area contributed by atoms with E-state index in [-0.39, 0.29) is 23.4 Å². The molecule has 2 rings (SSSR count). The molecule has 8 heteroatoms. The summed E-state index contributed by atoms with van der Waals surface area (Å²) in [5, 5.41) is 8.79. The fourth-order valence-electron chi connectivity index (χ4n) is 2.45. The summed E-state index contributed by atoms with van der Waals surface area (Å²) in [7, 11) is -3.86. The molecule has 2 N–H and O–H groups in total. The number of anilines is 1. The maximum Gasteiger partial charge on any atom is 0.305 e. The fourth-order valence-corrected chi connectivity index (χ4v) is 3.55. The lowest BCUT2D eigenvalue weighted by atomic mass is 10.2. The highest BCUT2D eigenvalue weighted by molar-refractivity contribution is 7.92. The van der Waals surface area contributed by atoms with Crippen molar-refractivity contribution in [3.63, 3.8) is 0 Å². The second-order valence-electron chi connectivity index (χ2n) is 6.03. The summed E-state index contributed by atoms with van der Waals surface area (Å²) in [4.78, 5) is 24.6. The first-order chi connectivity index (χ1) is 12.7. The SMILES string of the molecule is CCN(CCC(=O)O)C(=O)c1cccc(S(=O)(=O)Nc2ccc(C)cc2)c1. The molecule has 0 saturated heterocycles. The topological polar surface area (TPSA) is 104 Å². The number of aliphatic carboxylic acids is 1. The van der Waals surface area contributed by atoms with Crippen molar-refractivity contribution in [2.45, 2.75) is 25.2 Å². The Morgan fingerprint density at radius 2 is 1.78 bits per heavy atom. The van der Waals surface area contributed by atoms with Gasteiger partial charge in [0.2, 0.25) is 0 Å². The van der Waals surface area contributed by atoms with Crippen molar-refractivity contribution in [2.75, 3.05) is 17.8 Å². The van der Waals surface area contributed by atoms with E-state index >= 15 is 0 Å². The molecule has 0 fully saturated rings. The lowest BCUT2D eigenvalue weighted by Crippen LogP contribution is -2.33. The van der Waals surface area contributed by atoms with Gasteiger partial charge >= 0.3 is 5.97 Å². The molecule has 0 aliphatic carbocycles. The van der Waals surface area contributed by atoms with E-state index in [1.807, 2.05) is 6.92 Å². The Balaban J connectivity index is 2.23. The summed E-state index contributed by atoms with van der Waals surface area (Å²) in [5.41, 5.74) is 1.62. The maximum atomic E-state index is 12.6. The number of aryl methyl sites for hydroxylation is 1. The number of nitrogens with one attached hydrogen (secondary N) is 1. The van der Waals surface area contributed by atoms with Gasteiger partial charge in [0.25, 0.3) is 15.9 Å². The van der Waals surface area contributed by atoms with Crippen LogP contribution in [-0.2, 0) is 14.8 Å². The second-order valence-corrected chi connectivity index (χ2v) is 7.71. The number of benzene rings is 2. The van der Waals surface area contributed by atoms with Crippen molar-refractivity contribution in [1.82, 2.24) is 4.90 Å². The molecule has 0 aliphatic heterocycles. The number of amides is 1. The van der Waals surface area contributed by atoms with Crippen LogP contribution < -0.4 is 4.72 Å². The number of hydrogen-bond donors (Lipinski definition) is 2. The molecule has 0 spiro atoms. The van der Waals surface area contributed by atoms with Crippen molar-refractivity contribution in [3.8, 4) is 0 Å². The molecule has 0 atom stereocenters. The quantitative estimate of drug-likeness (QED) is 0.721. The van der Waals surface area contributed by atoms with Crippen LogP contribution in [0.1, 0.15) is 29.3 Å². The van der Waals surface area contributed by atoms with Crippen molar-refractivity contribution in [1.29, 1.82) is 0 Å². The number of carbonyl (C=O) groups excluding carboxylic acids is 1. The van der Waals surface area contributed by atoms with E-state index < -0.39 is 21.9 Å². The zero-order valence-corrected chi connectivity index (χ0v) is 16.0. The number of carboxylic acid groups (broad SMARTS) is 1. The largest absolute Gasteiger partial charge is 0.481 e. The highest BCUT2D eigenvalue weighted by Gasteiger charge is 2.19. The second kappa shape index (κ2) is 8.68. The Morgan fingerprint density at radius 1 is 1.11 bits per heavy atom. The predicted octanol–water partition coefficient (Wildman–Crippen LogP) is 2.73. The molecule has 2 aromatic rings. The third-order valence-corrected chi connectivity index (χ3v) is 5.34. The van der Waals surface area contributed by atoms with Gasteiger partial charge in [-0.15, -0.1) is 0 Å². The van der Waals surface area contributed by atoms with Gasteiger partial charge in [0.1, 0.15) is 0 Å². The summed E-state index contributed by atoms with van der Waals surface area (Å²) in [5.74, 6) is -1.41. The minimum atomic E-state index is -3.86. The summed E-state index contributed by atoms with van der Waals surface area (Å²) < 4.78 is 27.7. The van der Waals surface area contributed by atoms with Gasteiger partial charge in [-0.3, -0.25) is 14.3 Å². The Labute approximate surface area is 158 Å². The molecule has 0 saturated carbocycles. The molecule has 0 heterocycles. The molecule has 7 nitrogen and oxygen atoms in total. The number of hydrogen-bond acceptors (Lipinski definition) is 4. The first kappa shape index (κ1) is 20.4. The molecule has 0 aromatic heterocycles. The smallest absolute Gasteiger partial charge is 0.305 e. The Morgan fingerprint density at radius 3 is 2.37 bits per heavy atom. The van der Waals surface area contributed by atoms with Gasteiger partial charge in [0, 0.05) is 24.3 Å². The van der Waals surface area contributed by atoms with Crippen LogP contribution in [0.3, 0.4) is 0 Å². The average molecular weight is 390 g/mol. The van der Waals surface area contributed by atoms with E-state index in [2.05, 4.69) is 4.72 Å². The number of carbonyl (C=O) groups is 2. The molecule has 0 radical (unpaired) electrons. The lowest BCUT2D eigenvalue weighted by molar-refractivity contribution is -0.137. The van der Waals surface area contributed by atoms with E-state index in [1.54, 1.807) is 31.2 Å². The number of rotatable bonds is 8. The van der Waals surface area contributed by atoms with E-state index in [1.165, 1.54) is 29.2 Å². The Hall–Kier alpha value is -2.87. The van der Waals surface area contributed by atoms with Crippen LogP contribution in [0.25, 0.3) is 0 Å². The van der Waals surface area contributed by atoms with Gasteiger partial charge in [-0.05, 0) is 44.2 Å². The predicted molar refractivity (Wildman–Crippen MR) is 102 cm³/mol. The van der Waals surface area contributed by atoms with E-state index in [0.29, 0.717) is 12.2 Å². The first-order valence-corrected chi connectivity index (χ1v) is 9.92. The molecule has 1 amide bonds. The van der Waals surface area contributed by atoms with Gasteiger partial charge in [-0.2, -0.15) is 0 Å². The van der Waals surface area contributed by atoms with Gasteiger partial charge in [-0.25, -0.2) is 8.42 Å². The van der Waals surface area contributed by atoms with Gasteiger partial charge in [0.15, 0.2) is 0 Å². The highest BCUT2D eigenvalue weighted by Crippen LogP contribution is 2.18. The fraction of sp³-hybridized carbons (Fsp3) is 0.263.